The van der Waals surface area contributed by atoms with Gasteiger partial charge in [0.05, 0.1) is 13.1 Å². The normalized spacial score (nSPS) is 24.5. The highest BCUT2D eigenvalue weighted by Gasteiger charge is 2.23. The van der Waals surface area contributed by atoms with Crippen molar-refractivity contribution >= 4 is 35.0 Å². The van der Waals surface area contributed by atoms with E-state index in [1.165, 1.54) is 5.56 Å². The summed E-state index contributed by atoms with van der Waals surface area (Å²) in [5.74, 6) is -1.15. The van der Waals surface area contributed by atoms with Gasteiger partial charge < -0.3 is 30.6 Å². The summed E-state index contributed by atoms with van der Waals surface area (Å²) in [4.78, 5) is 31.8. The fourth-order valence-electron chi connectivity index (χ4n) is 5.28. The Morgan fingerprint density at radius 3 is 1.81 bits per heavy atom. The Hall–Kier alpha value is -2.31. The van der Waals surface area contributed by atoms with Gasteiger partial charge in [-0.2, -0.15) is 0 Å². The second-order valence-electron chi connectivity index (χ2n) is 10.1. The summed E-state index contributed by atoms with van der Waals surface area (Å²) in [6.45, 7) is 8.33. The number of carboxylic acid groups (broad SMARTS) is 2. The SMILES string of the molecule is CNC(=S)Nc1ccc(CC2CN3CCCN(CC(=O)O)CCN(CCCN(CC(=O)O)CC3)C2)cc1. The van der Waals surface area contributed by atoms with Crippen LogP contribution in [0.1, 0.15) is 18.4 Å². The van der Waals surface area contributed by atoms with Gasteiger partial charge >= 0.3 is 11.9 Å². The maximum absolute atomic E-state index is 11.4. The molecule has 37 heavy (non-hydrogen) atoms. The van der Waals surface area contributed by atoms with Gasteiger partial charge in [-0.25, -0.2) is 0 Å². The first-order chi connectivity index (χ1) is 17.8. The third-order valence-electron chi connectivity index (χ3n) is 7.08. The van der Waals surface area contributed by atoms with Crippen LogP contribution in [0.3, 0.4) is 0 Å². The molecule has 1 aromatic carbocycles. The summed E-state index contributed by atoms with van der Waals surface area (Å²) in [6.07, 6.45) is 2.73. The van der Waals surface area contributed by atoms with Crippen LogP contribution in [0.4, 0.5) is 5.69 Å². The standard InChI is InChI=1S/C26H42N6O4S/c1-27-26(37)28-23-6-4-21(5-7-23)16-22-17-29-8-2-10-31(19-24(33)34)14-13-30(18-22)9-3-11-32(15-12-29)20-25(35)36/h4-7,22H,2-3,8-20H2,1H3,(H,33,34)(H,35,36)(H2,27,28,37). The predicted molar refractivity (Wildman–Crippen MR) is 149 cm³/mol. The molecule has 0 amide bonds. The molecule has 1 aromatic rings. The number of carboxylic acids is 2. The lowest BCUT2D eigenvalue weighted by atomic mass is 9.97. The number of anilines is 1. The summed E-state index contributed by atoms with van der Waals surface area (Å²) in [7, 11) is 1.79. The Kier molecular flexibility index (Phi) is 12.0. The molecule has 3 rings (SSSR count). The molecule has 2 saturated heterocycles. The van der Waals surface area contributed by atoms with Crippen LogP contribution in [-0.2, 0) is 16.0 Å². The lowest BCUT2D eigenvalue weighted by Crippen LogP contribution is -2.41. The van der Waals surface area contributed by atoms with E-state index in [4.69, 9.17) is 12.2 Å². The van der Waals surface area contributed by atoms with E-state index in [9.17, 15) is 19.8 Å². The number of thiocarbonyl (C=S) groups is 1. The van der Waals surface area contributed by atoms with Crippen molar-refractivity contribution in [3.05, 3.63) is 29.8 Å². The Morgan fingerprint density at radius 1 is 0.838 bits per heavy atom. The van der Waals surface area contributed by atoms with Crippen molar-refractivity contribution in [2.75, 3.05) is 90.9 Å². The van der Waals surface area contributed by atoms with Crippen molar-refractivity contribution in [2.24, 2.45) is 5.92 Å². The van der Waals surface area contributed by atoms with Gasteiger partial charge in [-0.05, 0) is 68.2 Å². The molecule has 2 bridgehead atoms. The quantitative estimate of drug-likeness (QED) is 0.375. The number of fused-ring (bicyclic) bond motifs is 4. The van der Waals surface area contributed by atoms with E-state index in [1.54, 1.807) is 7.05 Å². The van der Waals surface area contributed by atoms with Crippen LogP contribution in [0.25, 0.3) is 0 Å². The van der Waals surface area contributed by atoms with E-state index >= 15 is 0 Å². The number of nitrogens with one attached hydrogen (secondary N) is 2. The van der Waals surface area contributed by atoms with Gasteiger partial charge in [-0.3, -0.25) is 19.4 Å². The first-order valence-corrected chi connectivity index (χ1v) is 13.6. The molecule has 0 aromatic heterocycles. The second-order valence-corrected chi connectivity index (χ2v) is 10.5. The largest absolute Gasteiger partial charge is 0.480 e. The van der Waals surface area contributed by atoms with Crippen LogP contribution in [0.2, 0.25) is 0 Å². The molecule has 2 fully saturated rings. The Morgan fingerprint density at radius 2 is 1.35 bits per heavy atom. The number of hydrogen-bond acceptors (Lipinski definition) is 7. The number of carbonyl (C=O) groups is 2. The summed E-state index contributed by atoms with van der Waals surface area (Å²) in [5.41, 5.74) is 2.23. The summed E-state index contributed by atoms with van der Waals surface area (Å²) < 4.78 is 0. The molecule has 0 radical (unpaired) electrons. The molecule has 2 atom stereocenters. The number of benzene rings is 1. The molecule has 2 aliphatic heterocycles. The minimum atomic E-state index is -0.782. The van der Waals surface area contributed by atoms with Crippen molar-refractivity contribution in [3.63, 3.8) is 0 Å². The smallest absolute Gasteiger partial charge is 0.317 e. The van der Waals surface area contributed by atoms with E-state index in [2.05, 4.69) is 54.5 Å². The molecule has 2 heterocycles. The van der Waals surface area contributed by atoms with E-state index in [0.29, 0.717) is 11.0 Å². The third-order valence-corrected chi connectivity index (χ3v) is 7.38. The first kappa shape index (κ1) is 29.2. The van der Waals surface area contributed by atoms with Crippen LogP contribution >= 0.6 is 12.2 Å². The van der Waals surface area contributed by atoms with Crippen LogP contribution < -0.4 is 10.6 Å². The number of rotatable bonds is 7. The molecule has 2 unspecified atom stereocenters. The highest BCUT2D eigenvalue weighted by molar-refractivity contribution is 7.80. The summed E-state index contributed by atoms with van der Waals surface area (Å²) >= 11 is 5.20. The minimum absolute atomic E-state index is 0.0705. The molecule has 206 valence electrons. The van der Waals surface area contributed by atoms with Crippen molar-refractivity contribution in [2.45, 2.75) is 19.3 Å². The van der Waals surface area contributed by atoms with Gasteiger partial charge in [-0.15, -0.1) is 0 Å². The predicted octanol–water partition coefficient (Wildman–Crippen LogP) is 0.946. The van der Waals surface area contributed by atoms with E-state index in [0.717, 1.165) is 90.4 Å². The second kappa shape index (κ2) is 15.2. The number of aliphatic carboxylic acids is 2. The lowest BCUT2D eigenvalue weighted by molar-refractivity contribution is -0.139. The number of nitrogens with zero attached hydrogens (tertiary/aromatic N) is 4. The van der Waals surface area contributed by atoms with Crippen molar-refractivity contribution in [3.8, 4) is 0 Å². The van der Waals surface area contributed by atoms with Crippen molar-refractivity contribution in [1.82, 2.24) is 24.9 Å². The molecule has 11 heteroatoms. The van der Waals surface area contributed by atoms with E-state index < -0.39 is 11.9 Å². The zero-order valence-corrected chi connectivity index (χ0v) is 22.7. The van der Waals surface area contributed by atoms with Crippen LogP contribution in [0.5, 0.6) is 0 Å². The van der Waals surface area contributed by atoms with E-state index in [1.807, 2.05) is 0 Å². The Balaban J connectivity index is 1.77. The number of hydrogen-bond donors (Lipinski definition) is 4. The van der Waals surface area contributed by atoms with Crippen molar-refractivity contribution < 1.29 is 19.8 Å². The summed E-state index contributed by atoms with van der Waals surface area (Å²) in [5, 5.41) is 25.4. The Bertz CT molecular complexity index is 846. The topological polar surface area (TPSA) is 112 Å². The monoisotopic (exact) mass is 534 g/mol. The molecule has 0 spiro atoms. The fraction of sp³-hybridized carbons (Fsp3) is 0.654. The molecule has 0 aliphatic carbocycles. The zero-order chi connectivity index (χ0) is 26.6. The molecular formula is C26H42N6O4S. The van der Waals surface area contributed by atoms with Gasteiger partial charge in [0.25, 0.3) is 0 Å². The van der Waals surface area contributed by atoms with Crippen LogP contribution in [0.15, 0.2) is 24.3 Å². The van der Waals surface area contributed by atoms with Gasteiger partial charge in [-0.1, -0.05) is 12.1 Å². The lowest BCUT2D eigenvalue weighted by Gasteiger charge is -2.31. The highest BCUT2D eigenvalue weighted by atomic mass is 32.1. The molecule has 0 saturated carbocycles. The van der Waals surface area contributed by atoms with Crippen LogP contribution in [0, 0.1) is 5.92 Å². The maximum Gasteiger partial charge on any atom is 0.317 e. The van der Waals surface area contributed by atoms with E-state index in [-0.39, 0.29) is 13.1 Å². The van der Waals surface area contributed by atoms with Crippen LogP contribution in [-0.4, -0.2) is 132 Å². The first-order valence-electron chi connectivity index (χ1n) is 13.2. The fourth-order valence-corrected chi connectivity index (χ4v) is 5.40. The van der Waals surface area contributed by atoms with Gasteiger partial charge in [0.1, 0.15) is 0 Å². The molecule has 4 N–H and O–H groups in total. The molecule has 10 nitrogen and oxygen atoms in total. The summed E-state index contributed by atoms with van der Waals surface area (Å²) in [6, 6.07) is 8.42. The minimum Gasteiger partial charge on any atom is -0.480 e. The zero-order valence-electron chi connectivity index (χ0n) is 21.9. The average Bonchev–Trinajstić information content (AvgIpc) is 2.90. The molecular weight excluding hydrogens is 492 g/mol. The van der Waals surface area contributed by atoms with Gasteiger partial charge in [0.15, 0.2) is 5.11 Å². The third kappa shape index (κ3) is 10.9. The van der Waals surface area contributed by atoms with Gasteiger partial charge in [0, 0.05) is 65.1 Å². The average molecular weight is 535 g/mol. The maximum atomic E-state index is 11.4. The van der Waals surface area contributed by atoms with Crippen molar-refractivity contribution in [1.29, 1.82) is 0 Å². The Labute approximate surface area is 225 Å². The highest BCUT2D eigenvalue weighted by Crippen LogP contribution is 2.18. The molecule has 2 aliphatic rings. The van der Waals surface area contributed by atoms with Gasteiger partial charge in [0.2, 0.25) is 0 Å².